The van der Waals surface area contributed by atoms with E-state index in [1.54, 1.807) is 12.1 Å². The highest BCUT2D eigenvalue weighted by Gasteiger charge is 2.10. The van der Waals surface area contributed by atoms with Crippen LogP contribution in [0.1, 0.15) is 10.4 Å². The molecule has 0 heterocycles. The molecule has 4 heteroatoms. The largest absolute Gasteiger partial charge is 0.277 e. The second kappa shape index (κ2) is 3.57. The first-order valence-corrected chi connectivity index (χ1v) is 3.81. The number of Topliss-reactive ketones (excluding diaryl/α,β-unsaturated/α-hetero) is 1. The molecule has 0 aliphatic carbocycles. The second-order valence-electron chi connectivity index (χ2n) is 2.04. The van der Waals surface area contributed by atoms with Crippen LogP contribution in [0.3, 0.4) is 0 Å². The van der Waals surface area contributed by atoms with E-state index in [9.17, 15) is 4.79 Å². The molecule has 60 valence electrons. The van der Waals surface area contributed by atoms with E-state index in [1.807, 2.05) is 0 Å². The Kier molecular flexibility index (Phi) is 2.69. The smallest absolute Gasteiger partial charge is 0.263 e. The zero-order valence-corrected chi connectivity index (χ0v) is 7.36. The molecule has 0 atom stereocenters. The van der Waals surface area contributed by atoms with Crippen molar-refractivity contribution in [2.45, 2.75) is 0 Å². The van der Waals surface area contributed by atoms with Gasteiger partial charge in [-0.05, 0) is 12.1 Å². The lowest BCUT2D eigenvalue weighted by Gasteiger charge is -1.98. The number of hydrogen-bond acceptors (Lipinski definition) is 2. The Morgan fingerprint density at radius 1 is 1.42 bits per heavy atom. The molecule has 0 saturated carbocycles. The van der Waals surface area contributed by atoms with Crippen molar-refractivity contribution in [3.63, 3.8) is 0 Å². The molecule has 1 aromatic carbocycles. The summed E-state index contributed by atoms with van der Waals surface area (Å²) in [5.41, 5.74) is 0.145. The second-order valence-corrected chi connectivity index (χ2v) is 2.83. The lowest BCUT2D eigenvalue weighted by molar-refractivity contribution is 0.105. The number of carbonyl (C=O) groups is 1. The highest BCUT2D eigenvalue weighted by Crippen LogP contribution is 2.25. The molecule has 0 amide bonds. The molecule has 0 aromatic heterocycles. The molecule has 1 aromatic rings. The third kappa shape index (κ3) is 1.58. The van der Waals surface area contributed by atoms with Gasteiger partial charge >= 0.3 is 0 Å². The third-order valence-corrected chi connectivity index (χ3v) is 2.12. The summed E-state index contributed by atoms with van der Waals surface area (Å²) >= 11 is 11.3. The molecule has 0 aliphatic rings. The van der Waals surface area contributed by atoms with Gasteiger partial charge in [0.25, 0.3) is 5.78 Å². The van der Waals surface area contributed by atoms with Crippen LogP contribution in [0.5, 0.6) is 0 Å². The van der Waals surface area contributed by atoms with Crippen LogP contribution in [-0.2, 0) is 0 Å². The standard InChI is InChI=1S/C8H3Cl2NO/c9-6-3-1-2-5(8(6)10)7(12)4-11/h1-3H. The van der Waals surface area contributed by atoms with Gasteiger partial charge in [-0.2, -0.15) is 5.26 Å². The van der Waals surface area contributed by atoms with Gasteiger partial charge in [0.15, 0.2) is 0 Å². The Labute approximate surface area is 79.3 Å². The first-order valence-electron chi connectivity index (χ1n) is 3.05. The van der Waals surface area contributed by atoms with Crippen LogP contribution in [0.15, 0.2) is 18.2 Å². The van der Waals surface area contributed by atoms with Crippen molar-refractivity contribution < 1.29 is 4.79 Å². The normalized spacial score (nSPS) is 9.08. The highest BCUT2D eigenvalue weighted by atomic mass is 35.5. The molecule has 0 fully saturated rings. The van der Waals surface area contributed by atoms with Crippen LogP contribution in [0, 0.1) is 11.3 Å². The maximum atomic E-state index is 10.9. The number of carbonyl (C=O) groups excluding carboxylic acids is 1. The van der Waals surface area contributed by atoms with Gasteiger partial charge < -0.3 is 0 Å². The molecule has 0 saturated heterocycles. The zero-order chi connectivity index (χ0) is 9.14. The molecule has 0 N–H and O–H groups in total. The van der Waals surface area contributed by atoms with Crippen molar-refractivity contribution in [2.24, 2.45) is 0 Å². The Bertz CT molecular complexity index is 368. The molecular weight excluding hydrogens is 197 g/mol. The lowest BCUT2D eigenvalue weighted by atomic mass is 10.1. The minimum absolute atomic E-state index is 0.130. The summed E-state index contributed by atoms with van der Waals surface area (Å²) in [6.07, 6.45) is 0. The van der Waals surface area contributed by atoms with E-state index in [2.05, 4.69) is 0 Å². The van der Waals surface area contributed by atoms with Crippen LogP contribution in [0.25, 0.3) is 0 Å². The minimum Gasteiger partial charge on any atom is -0.277 e. The van der Waals surface area contributed by atoms with E-state index in [0.717, 1.165) is 0 Å². The number of halogens is 2. The number of hydrogen-bond donors (Lipinski definition) is 0. The van der Waals surface area contributed by atoms with Crippen molar-refractivity contribution in [3.8, 4) is 6.07 Å². The van der Waals surface area contributed by atoms with Crippen LogP contribution in [0.2, 0.25) is 10.0 Å². The van der Waals surface area contributed by atoms with Crippen LogP contribution < -0.4 is 0 Å². The van der Waals surface area contributed by atoms with Crippen molar-refractivity contribution in [1.29, 1.82) is 5.26 Å². The highest BCUT2D eigenvalue weighted by molar-refractivity contribution is 6.44. The maximum absolute atomic E-state index is 10.9. The van der Waals surface area contributed by atoms with E-state index < -0.39 is 5.78 Å². The van der Waals surface area contributed by atoms with Crippen molar-refractivity contribution >= 4 is 29.0 Å². The summed E-state index contributed by atoms with van der Waals surface area (Å²) in [4.78, 5) is 10.9. The maximum Gasteiger partial charge on any atom is 0.263 e. The topological polar surface area (TPSA) is 40.9 Å². The zero-order valence-electron chi connectivity index (χ0n) is 5.84. The first kappa shape index (κ1) is 9.05. The van der Waals surface area contributed by atoms with Gasteiger partial charge in [0.2, 0.25) is 0 Å². The molecule has 0 radical (unpaired) electrons. The predicted molar refractivity (Wildman–Crippen MR) is 46.4 cm³/mol. The number of rotatable bonds is 1. The summed E-state index contributed by atoms with van der Waals surface area (Å²) in [7, 11) is 0. The fourth-order valence-corrected chi connectivity index (χ4v) is 1.13. The third-order valence-electron chi connectivity index (χ3n) is 1.30. The number of nitrogens with zero attached hydrogens (tertiary/aromatic N) is 1. The predicted octanol–water partition coefficient (Wildman–Crippen LogP) is 2.70. The minimum atomic E-state index is -0.678. The van der Waals surface area contributed by atoms with E-state index in [-0.39, 0.29) is 15.6 Å². The molecule has 0 unspecified atom stereocenters. The molecule has 2 nitrogen and oxygen atoms in total. The fraction of sp³-hybridized carbons (Fsp3) is 0. The monoisotopic (exact) mass is 199 g/mol. The molecule has 1 rings (SSSR count). The van der Waals surface area contributed by atoms with Crippen LogP contribution >= 0.6 is 23.2 Å². The van der Waals surface area contributed by atoms with Crippen molar-refractivity contribution in [3.05, 3.63) is 33.8 Å². The van der Waals surface area contributed by atoms with Gasteiger partial charge in [-0.3, -0.25) is 4.79 Å². The van der Waals surface area contributed by atoms with Crippen LogP contribution in [0.4, 0.5) is 0 Å². The summed E-state index contributed by atoms with van der Waals surface area (Å²) in [5, 5.41) is 8.71. The summed E-state index contributed by atoms with van der Waals surface area (Å²) in [5.74, 6) is -0.678. The van der Waals surface area contributed by atoms with Crippen molar-refractivity contribution in [1.82, 2.24) is 0 Å². The summed E-state index contributed by atoms with van der Waals surface area (Å²) < 4.78 is 0. The molecule has 12 heavy (non-hydrogen) atoms. The van der Waals surface area contributed by atoms with E-state index in [0.29, 0.717) is 0 Å². The Morgan fingerprint density at radius 2 is 2.08 bits per heavy atom. The number of nitriles is 1. The van der Waals surface area contributed by atoms with Crippen LogP contribution in [-0.4, -0.2) is 5.78 Å². The average molecular weight is 200 g/mol. The molecular formula is C8H3Cl2NO. The van der Waals surface area contributed by atoms with Gasteiger partial charge in [-0.25, -0.2) is 0 Å². The first-order chi connectivity index (χ1) is 5.66. The summed E-state index contributed by atoms with van der Waals surface area (Å²) in [6, 6.07) is 6.05. The molecule has 0 bridgehead atoms. The average Bonchev–Trinajstić information content (AvgIpc) is 2.08. The fourth-order valence-electron chi connectivity index (χ4n) is 0.739. The Hall–Kier alpha value is -1.04. The quantitative estimate of drug-likeness (QED) is 0.516. The van der Waals surface area contributed by atoms with Crippen molar-refractivity contribution in [2.75, 3.05) is 0 Å². The van der Waals surface area contributed by atoms with E-state index in [1.165, 1.54) is 12.1 Å². The molecule has 0 spiro atoms. The van der Waals surface area contributed by atoms with Gasteiger partial charge in [0.05, 0.1) is 15.6 Å². The number of benzene rings is 1. The Morgan fingerprint density at radius 3 is 2.67 bits per heavy atom. The lowest BCUT2D eigenvalue weighted by Crippen LogP contribution is -1.95. The van der Waals surface area contributed by atoms with Gasteiger partial charge in [-0.15, -0.1) is 0 Å². The molecule has 0 aliphatic heterocycles. The Balaban J connectivity index is 3.28. The van der Waals surface area contributed by atoms with Gasteiger partial charge in [0.1, 0.15) is 6.07 Å². The summed E-state index contributed by atoms with van der Waals surface area (Å²) in [6.45, 7) is 0. The van der Waals surface area contributed by atoms with Gasteiger partial charge in [0, 0.05) is 0 Å². The van der Waals surface area contributed by atoms with E-state index in [4.69, 9.17) is 28.5 Å². The number of ketones is 1. The van der Waals surface area contributed by atoms with Gasteiger partial charge in [-0.1, -0.05) is 29.3 Å². The van der Waals surface area contributed by atoms with E-state index >= 15 is 0 Å². The SMILES string of the molecule is N#CC(=O)c1cccc(Cl)c1Cl.